The van der Waals surface area contributed by atoms with E-state index in [0.717, 1.165) is 17.7 Å². The average Bonchev–Trinajstić information content (AvgIpc) is 3.20. The number of benzene rings is 1. The van der Waals surface area contributed by atoms with Crippen LogP contribution in [0, 0.1) is 6.92 Å². The van der Waals surface area contributed by atoms with Crippen molar-refractivity contribution in [2.24, 2.45) is 0 Å². The summed E-state index contributed by atoms with van der Waals surface area (Å²) in [6.07, 6.45) is 3.85. The average molecular weight is 459 g/mol. The van der Waals surface area contributed by atoms with Gasteiger partial charge in [0, 0.05) is 17.1 Å². The number of aromatic nitrogens is 1. The normalized spacial score (nSPS) is 12.0. The number of hydrogen-bond acceptors (Lipinski definition) is 7. The molecule has 9 heteroatoms. The van der Waals surface area contributed by atoms with Crippen LogP contribution < -0.4 is 15.5 Å². The molecule has 3 rings (SSSR count). The Balaban J connectivity index is 1.81. The first-order chi connectivity index (χ1) is 15.3. The third-order valence-electron chi connectivity index (χ3n) is 5.02. The monoisotopic (exact) mass is 458 g/mol. The number of aliphatic carboxylic acids is 1. The van der Waals surface area contributed by atoms with Crippen molar-refractivity contribution in [2.75, 3.05) is 6.61 Å². The first-order valence-electron chi connectivity index (χ1n) is 10.5. The number of nitrogens with zero attached hydrogens (tertiary/aromatic N) is 1. The number of ether oxygens (including phenoxy) is 1. The summed E-state index contributed by atoms with van der Waals surface area (Å²) in [6.45, 7) is 5.39. The SMILES string of the molecule is CCCC[C@H](NC(=O)COc1cc2occ(-c3nc(C)cs3)c(=O)c2cc1CC)C(=O)O. The van der Waals surface area contributed by atoms with Gasteiger partial charge in [-0.3, -0.25) is 9.59 Å². The van der Waals surface area contributed by atoms with E-state index in [-0.39, 0.29) is 12.0 Å². The molecule has 0 saturated carbocycles. The number of carboxylic acid groups (broad SMARTS) is 1. The molecule has 1 amide bonds. The Morgan fingerprint density at radius 1 is 1.31 bits per heavy atom. The van der Waals surface area contributed by atoms with Crippen molar-refractivity contribution in [2.45, 2.75) is 52.5 Å². The Kier molecular flexibility index (Phi) is 7.63. The highest BCUT2D eigenvalue weighted by atomic mass is 32.1. The number of carbonyl (C=O) groups excluding carboxylic acids is 1. The maximum Gasteiger partial charge on any atom is 0.326 e. The summed E-state index contributed by atoms with van der Waals surface area (Å²) in [7, 11) is 0. The van der Waals surface area contributed by atoms with Crippen LogP contribution in [0.3, 0.4) is 0 Å². The lowest BCUT2D eigenvalue weighted by molar-refractivity contribution is -0.142. The molecule has 0 aliphatic heterocycles. The predicted octanol–water partition coefficient (Wildman–Crippen LogP) is 3.93. The Bertz CT molecular complexity index is 1180. The number of aryl methyl sites for hydroxylation is 2. The van der Waals surface area contributed by atoms with Crippen molar-refractivity contribution in [1.82, 2.24) is 10.3 Å². The number of hydrogen-bond donors (Lipinski definition) is 2. The first-order valence-corrected chi connectivity index (χ1v) is 11.4. The minimum atomic E-state index is -1.07. The molecule has 2 N–H and O–H groups in total. The number of carboxylic acids is 1. The number of carbonyl (C=O) groups is 2. The lowest BCUT2D eigenvalue weighted by Gasteiger charge is -2.15. The Morgan fingerprint density at radius 3 is 2.72 bits per heavy atom. The Morgan fingerprint density at radius 2 is 2.09 bits per heavy atom. The third-order valence-corrected chi connectivity index (χ3v) is 6.02. The van der Waals surface area contributed by atoms with Gasteiger partial charge in [-0.1, -0.05) is 26.7 Å². The minimum absolute atomic E-state index is 0.181. The zero-order chi connectivity index (χ0) is 23.3. The molecule has 2 heterocycles. The van der Waals surface area contributed by atoms with Crippen molar-refractivity contribution < 1.29 is 23.8 Å². The van der Waals surface area contributed by atoms with E-state index in [2.05, 4.69) is 10.3 Å². The highest BCUT2D eigenvalue weighted by Gasteiger charge is 2.20. The predicted molar refractivity (Wildman–Crippen MR) is 122 cm³/mol. The fraction of sp³-hybridized carbons (Fsp3) is 0.391. The fourth-order valence-electron chi connectivity index (χ4n) is 3.28. The molecule has 1 atom stereocenters. The Labute approximate surface area is 189 Å². The zero-order valence-corrected chi connectivity index (χ0v) is 19.1. The maximum atomic E-state index is 13.0. The van der Waals surface area contributed by atoms with Gasteiger partial charge in [-0.2, -0.15) is 0 Å². The molecule has 1 aromatic carbocycles. The number of rotatable bonds is 10. The highest BCUT2D eigenvalue weighted by Crippen LogP contribution is 2.28. The summed E-state index contributed by atoms with van der Waals surface area (Å²) in [5, 5.41) is 14.6. The van der Waals surface area contributed by atoms with Gasteiger partial charge in [0.25, 0.3) is 5.91 Å². The van der Waals surface area contributed by atoms with Crippen LogP contribution in [-0.2, 0) is 16.0 Å². The second-order valence-corrected chi connectivity index (χ2v) is 8.33. The van der Waals surface area contributed by atoms with Gasteiger partial charge in [0.15, 0.2) is 6.61 Å². The molecule has 0 saturated heterocycles. The molecule has 2 aromatic heterocycles. The third kappa shape index (κ3) is 5.34. The highest BCUT2D eigenvalue weighted by molar-refractivity contribution is 7.13. The van der Waals surface area contributed by atoms with E-state index in [4.69, 9.17) is 9.15 Å². The molecule has 3 aromatic rings. The van der Waals surface area contributed by atoms with Gasteiger partial charge in [-0.25, -0.2) is 9.78 Å². The van der Waals surface area contributed by atoms with Crippen LogP contribution in [0.15, 0.2) is 33.0 Å². The largest absolute Gasteiger partial charge is 0.483 e. The van der Waals surface area contributed by atoms with Crippen molar-refractivity contribution in [3.63, 3.8) is 0 Å². The second kappa shape index (κ2) is 10.4. The molecule has 32 heavy (non-hydrogen) atoms. The number of fused-ring (bicyclic) bond motifs is 1. The van der Waals surface area contributed by atoms with Gasteiger partial charge >= 0.3 is 5.97 Å². The molecule has 0 aliphatic carbocycles. The zero-order valence-electron chi connectivity index (χ0n) is 18.3. The van der Waals surface area contributed by atoms with Crippen LogP contribution in [0.2, 0.25) is 0 Å². The van der Waals surface area contributed by atoms with Crippen LogP contribution in [0.25, 0.3) is 21.5 Å². The molecule has 0 unspecified atom stereocenters. The molecule has 170 valence electrons. The lowest BCUT2D eigenvalue weighted by Crippen LogP contribution is -2.42. The quantitative estimate of drug-likeness (QED) is 0.472. The van der Waals surface area contributed by atoms with E-state index in [0.29, 0.717) is 46.6 Å². The van der Waals surface area contributed by atoms with Crippen LogP contribution >= 0.6 is 11.3 Å². The number of unbranched alkanes of at least 4 members (excludes halogenated alkanes) is 1. The molecule has 0 fully saturated rings. The smallest absolute Gasteiger partial charge is 0.326 e. The van der Waals surface area contributed by atoms with Crippen molar-refractivity contribution >= 4 is 34.2 Å². The summed E-state index contributed by atoms with van der Waals surface area (Å²) in [6, 6.07) is 2.35. The van der Waals surface area contributed by atoms with Gasteiger partial charge in [0.05, 0.1) is 10.9 Å². The standard InChI is InChI=1S/C23H26N2O6S/c1-4-6-7-17(23(28)29)25-20(26)11-31-18-9-19-15(8-14(18)5-2)21(27)16(10-30-19)22-24-13(3)12-32-22/h8-10,12,17H,4-7,11H2,1-3H3,(H,25,26)(H,28,29)/t17-/m0/s1. The van der Waals surface area contributed by atoms with Gasteiger partial charge in [0.2, 0.25) is 5.43 Å². The summed E-state index contributed by atoms with van der Waals surface area (Å²) in [5.41, 5.74) is 2.13. The summed E-state index contributed by atoms with van der Waals surface area (Å²) in [4.78, 5) is 40.9. The first kappa shape index (κ1) is 23.5. The minimum Gasteiger partial charge on any atom is -0.483 e. The van der Waals surface area contributed by atoms with Gasteiger partial charge < -0.3 is 19.6 Å². The molecule has 0 spiro atoms. The van der Waals surface area contributed by atoms with Crippen molar-refractivity contribution in [3.8, 4) is 16.3 Å². The maximum absolute atomic E-state index is 13.0. The van der Waals surface area contributed by atoms with E-state index in [1.807, 2.05) is 26.2 Å². The van der Waals surface area contributed by atoms with Gasteiger partial charge in [-0.15, -0.1) is 11.3 Å². The van der Waals surface area contributed by atoms with Crippen molar-refractivity contribution in [1.29, 1.82) is 0 Å². The molecule has 8 nitrogen and oxygen atoms in total. The van der Waals surface area contributed by atoms with Crippen LogP contribution in [-0.4, -0.2) is 34.6 Å². The fourth-order valence-corrected chi connectivity index (χ4v) is 4.08. The molecular weight excluding hydrogens is 432 g/mol. The van der Waals surface area contributed by atoms with E-state index in [1.165, 1.54) is 17.6 Å². The number of thiazole rings is 1. The molecule has 0 bridgehead atoms. The number of nitrogens with one attached hydrogen (secondary N) is 1. The topological polar surface area (TPSA) is 119 Å². The molecular formula is C23H26N2O6S. The summed E-state index contributed by atoms with van der Waals surface area (Å²) < 4.78 is 11.3. The molecule has 0 radical (unpaired) electrons. The van der Waals surface area contributed by atoms with Gasteiger partial charge in [-0.05, 0) is 31.4 Å². The van der Waals surface area contributed by atoms with Crippen LogP contribution in [0.1, 0.15) is 44.4 Å². The van der Waals surface area contributed by atoms with E-state index in [1.54, 1.807) is 12.1 Å². The summed E-state index contributed by atoms with van der Waals surface area (Å²) >= 11 is 1.38. The van der Waals surface area contributed by atoms with Crippen molar-refractivity contribution in [3.05, 3.63) is 45.3 Å². The van der Waals surface area contributed by atoms with E-state index in [9.17, 15) is 19.5 Å². The molecule has 0 aliphatic rings. The Hall–Kier alpha value is -3.20. The van der Waals surface area contributed by atoms with E-state index >= 15 is 0 Å². The second-order valence-electron chi connectivity index (χ2n) is 7.47. The van der Waals surface area contributed by atoms with Crippen LogP contribution in [0.5, 0.6) is 5.75 Å². The van der Waals surface area contributed by atoms with Gasteiger partial charge in [0.1, 0.15) is 28.6 Å². The lowest BCUT2D eigenvalue weighted by atomic mass is 10.1. The van der Waals surface area contributed by atoms with E-state index < -0.39 is 17.9 Å². The number of amides is 1. The summed E-state index contributed by atoms with van der Waals surface area (Å²) in [5.74, 6) is -1.18. The van der Waals surface area contributed by atoms with Crippen LogP contribution in [0.4, 0.5) is 0 Å².